The maximum absolute atomic E-state index is 12.9. The van der Waals surface area contributed by atoms with E-state index in [1.165, 1.54) is 12.1 Å². The van der Waals surface area contributed by atoms with Crippen LogP contribution in [0.5, 0.6) is 0 Å². The van der Waals surface area contributed by atoms with E-state index in [9.17, 15) is 12.8 Å². The van der Waals surface area contributed by atoms with Gasteiger partial charge < -0.3 is 0 Å². The minimum Gasteiger partial charge on any atom is -0.280 e. The number of hydrogen-bond acceptors (Lipinski definition) is 3. The van der Waals surface area contributed by atoms with Crippen LogP contribution in [0.4, 0.5) is 10.1 Å². The van der Waals surface area contributed by atoms with Gasteiger partial charge in [-0.3, -0.25) is 4.72 Å². The topological polar surface area (TPSA) is 64.0 Å². The summed E-state index contributed by atoms with van der Waals surface area (Å²) in [6.07, 6.45) is 3.39. The standard InChI is InChI=1S/C15H12FN3O2S/c16-12-5-7-15(8-6-12)22(20,21)18-13-3-1-4-14(11-13)19-10-2-9-17-19/h1-11,18H. The molecule has 0 saturated heterocycles. The lowest BCUT2D eigenvalue weighted by atomic mass is 10.3. The Morgan fingerprint density at radius 1 is 1.05 bits per heavy atom. The first-order valence-corrected chi connectivity index (χ1v) is 7.91. The van der Waals surface area contributed by atoms with Gasteiger partial charge >= 0.3 is 0 Å². The maximum atomic E-state index is 12.9. The fourth-order valence-electron chi connectivity index (χ4n) is 1.96. The summed E-state index contributed by atoms with van der Waals surface area (Å²) < 4.78 is 41.5. The van der Waals surface area contributed by atoms with E-state index in [0.717, 1.165) is 17.8 Å². The minimum atomic E-state index is -3.76. The molecule has 0 aliphatic carbocycles. The van der Waals surface area contributed by atoms with Gasteiger partial charge in [0, 0.05) is 12.4 Å². The van der Waals surface area contributed by atoms with Crippen molar-refractivity contribution < 1.29 is 12.8 Å². The highest BCUT2D eigenvalue weighted by atomic mass is 32.2. The monoisotopic (exact) mass is 317 g/mol. The van der Waals surface area contributed by atoms with Gasteiger partial charge in [0.15, 0.2) is 0 Å². The summed E-state index contributed by atoms with van der Waals surface area (Å²) in [7, 11) is -3.76. The van der Waals surface area contributed by atoms with Crippen LogP contribution in [0.25, 0.3) is 5.69 Å². The first-order valence-electron chi connectivity index (χ1n) is 6.43. The molecule has 0 aliphatic heterocycles. The molecule has 3 aromatic rings. The molecular weight excluding hydrogens is 305 g/mol. The van der Waals surface area contributed by atoms with Gasteiger partial charge in [-0.25, -0.2) is 17.5 Å². The molecule has 1 aromatic heterocycles. The van der Waals surface area contributed by atoms with E-state index >= 15 is 0 Å². The second-order valence-corrected chi connectivity index (χ2v) is 6.24. The number of nitrogens with one attached hydrogen (secondary N) is 1. The highest BCUT2D eigenvalue weighted by molar-refractivity contribution is 7.92. The number of benzene rings is 2. The number of halogens is 1. The number of aromatic nitrogens is 2. The molecular formula is C15H12FN3O2S. The van der Waals surface area contributed by atoms with Crippen LogP contribution >= 0.6 is 0 Å². The molecule has 0 aliphatic rings. The lowest BCUT2D eigenvalue weighted by molar-refractivity contribution is 0.599. The van der Waals surface area contributed by atoms with E-state index in [4.69, 9.17) is 0 Å². The second-order valence-electron chi connectivity index (χ2n) is 4.56. The second kappa shape index (κ2) is 5.61. The molecule has 1 heterocycles. The summed E-state index contributed by atoms with van der Waals surface area (Å²) in [5, 5.41) is 4.09. The fourth-order valence-corrected chi connectivity index (χ4v) is 3.01. The first-order chi connectivity index (χ1) is 10.5. The van der Waals surface area contributed by atoms with Crippen LogP contribution in [-0.4, -0.2) is 18.2 Å². The molecule has 0 spiro atoms. The summed E-state index contributed by atoms with van der Waals surface area (Å²) >= 11 is 0. The summed E-state index contributed by atoms with van der Waals surface area (Å²) in [5.41, 5.74) is 1.13. The van der Waals surface area contributed by atoms with Crippen molar-refractivity contribution in [3.8, 4) is 5.69 Å². The molecule has 2 aromatic carbocycles. The van der Waals surface area contributed by atoms with Crippen molar-refractivity contribution in [3.63, 3.8) is 0 Å². The normalized spacial score (nSPS) is 11.3. The van der Waals surface area contributed by atoms with Crippen LogP contribution in [0.2, 0.25) is 0 Å². The van der Waals surface area contributed by atoms with Gasteiger partial charge in [-0.1, -0.05) is 6.07 Å². The molecule has 0 bridgehead atoms. The van der Waals surface area contributed by atoms with Crippen LogP contribution in [-0.2, 0) is 10.0 Å². The zero-order valence-corrected chi connectivity index (χ0v) is 12.2. The van der Waals surface area contributed by atoms with Crippen molar-refractivity contribution in [1.82, 2.24) is 9.78 Å². The average molecular weight is 317 g/mol. The molecule has 0 amide bonds. The van der Waals surface area contributed by atoms with Crippen molar-refractivity contribution in [2.75, 3.05) is 4.72 Å². The molecule has 112 valence electrons. The highest BCUT2D eigenvalue weighted by Crippen LogP contribution is 2.19. The van der Waals surface area contributed by atoms with E-state index < -0.39 is 15.8 Å². The predicted molar refractivity (Wildman–Crippen MR) is 80.8 cm³/mol. The van der Waals surface area contributed by atoms with Crippen LogP contribution in [0.3, 0.4) is 0 Å². The number of nitrogens with zero attached hydrogens (tertiary/aromatic N) is 2. The third kappa shape index (κ3) is 2.99. The Morgan fingerprint density at radius 3 is 2.50 bits per heavy atom. The average Bonchev–Trinajstić information content (AvgIpc) is 3.02. The van der Waals surface area contributed by atoms with Gasteiger partial charge in [0.25, 0.3) is 10.0 Å². The SMILES string of the molecule is O=S(=O)(Nc1cccc(-n2cccn2)c1)c1ccc(F)cc1. The number of hydrogen-bond donors (Lipinski definition) is 1. The zero-order chi connectivity index (χ0) is 15.6. The van der Waals surface area contributed by atoms with Gasteiger partial charge in [-0.2, -0.15) is 5.10 Å². The van der Waals surface area contributed by atoms with Crippen molar-refractivity contribution in [2.24, 2.45) is 0 Å². The molecule has 0 saturated carbocycles. The summed E-state index contributed by atoms with van der Waals surface area (Å²) in [5.74, 6) is -0.486. The summed E-state index contributed by atoms with van der Waals surface area (Å²) in [6.45, 7) is 0. The van der Waals surface area contributed by atoms with E-state index in [1.54, 1.807) is 41.3 Å². The molecule has 0 atom stereocenters. The summed E-state index contributed by atoms with van der Waals surface area (Å²) in [6, 6.07) is 13.2. The molecule has 7 heteroatoms. The zero-order valence-electron chi connectivity index (χ0n) is 11.3. The van der Waals surface area contributed by atoms with Crippen LogP contribution in [0.1, 0.15) is 0 Å². The van der Waals surface area contributed by atoms with Crippen LogP contribution in [0.15, 0.2) is 71.9 Å². The molecule has 0 unspecified atom stereocenters. The van der Waals surface area contributed by atoms with Gasteiger partial charge in [-0.05, 0) is 48.5 Å². The molecule has 3 rings (SSSR count). The Morgan fingerprint density at radius 2 is 1.82 bits per heavy atom. The molecule has 1 N–H and O–H groups in total. The highest BCUT2D eigenvalue weighted by Gasteiger charge is 2.14. The quantitative estimate of drug-likeness (QED) is 0.805. The van der Waals surface area contributed by atoms with Gasteiger partial charge in [0.05, 0.1) is 16.3 Å². The molecule has 0 radical (unpaired) electrons. The lowest BCUT2D eigenvalue weighted by Crippen LogP contribution is -2.13. The fraction of sp³-hybridized carbons (Fsp3) is 0. The molecule has 0 fully saturated rings. The molecule has 22 heavy (non-hydrogen) atoms. The van der Waals surface area contributed by atoms with E-state index in [1.807, 2.05) is 6.07 Å². The Balaban J connectivity index is 1.89. The van der Waals surface area contributed by atoms with Crippen molar-refractivity contribution in [1.29, 1.82) is 0 Å². The van der Waals surface area contributed by atoms with E-state index in [2.05, 4.69) is 9.82 Å². The minimum absolute atomic E-state index is 0.00149. The van der Waals surface area contributed by atoms with Crippen molar-refractivity contribution >= 4 is 15.7 Å². The van der Waals surface area contributed by atoms with Gasteiger partial charge in [0.1, 0.15) is 5.82 Å². The van der Waals surface area contributed by atoms with Gasteiger partial charge in [-0.15, -0.1) is 0 Å². The largest absolute Gasteiger partial charge is 0.280 e. The Kier molecular flexibility index (Phi) is 3.64. The van der Waals surface area contributed by atoms with E-state index in [0.29, 0.717) is 5.69 Å². The van der Waals surface area contributed by atoms with Crippen molar-refractivity contribution in [2.45, 2.75) is 4.90 Å². The smallest absolute Gasteiger partial charge is 0.261 e. The Hall–Kier alpha value is -2.67. The third-order valence-electron chi connectivity index (χ3n) is 2.99. The number of sulfonamides is 1. The van der Waals surface area contributed by atoms with Crippen molar-refractivity contribution in [3.05, 3.63) is 72.8 Å². The first kappa shape index (κ1) is 14.3. The lowest BCUT2D eigenvalue weighted by Gasteiger charge is -2.09. The summed E-state index contributed by atoms with van der Waals surface area (Å²) in [4.78, 5) is -0.00149. The third-order valence-corrected chi connectivity index (χ3v) is 4.39. The van der Waals surface area contributed by atoms with Crippen LogP contribution in [0, 0.1) is 5.82 Å². The number of rotatable bonds is 4. The number of anilines is 1. The van der Waals surface area contributed by atoms with Crippen LogP contribution < -0.4 is 4.72 Å². The maximum Gasteiger partial charge on any atom is 0.261 e. The van der Waals surface area contributed by atoms with Gasteiger partial charge in [0.2, 0.25) is 0 Å². The van der Waals surface area contributed by atoms with E-state index in [-0.39, 0.29) is 4.90 Å². The predicted octanol–water partition coefficient (Wildman–Crippen LogP) is 2.81. The Bertz CT molecular complexity index is 875. The Labute approximate surface area is 127 Å². The molecule has 5 nitrogen and oxygen atoms in total.